The van der Waals surface area contributed by atoms with Gasteiger partial charge >= 0.3 is 6.09 Å². The van der Waals surface area contributed by atoms with Crippen LogP contribution in [0.1, 0.15) is 43.9 Å². The van der Waals surface area contributed by atoms with Crippen molar-refractivity contribution in [1.29, 1.82) is 0 Å². The molecule has 0 heterocycles. The minimum atomic E-state index is -0.633. The molecule has 0 spiro atoms. The quantitative estimate of drug-likeness (QED) is 0.225. The van der Waals surface area contributed by atoms with Crippen molar-refractivity contribution in [2.24, 2.45) is 0 Å². The van der Waals surface area contributed by atoms with E-state index in [0.29, 0.717) is 11.4 Å². The number of benzene rings is 3. The van der Waals surface area contributed by atoms with Crippen molar-refractivity contribution in [3.63, 3.8) is 0 Å². The number of carbonyl (C=O) groups is 1. The van der Waals surface area contributed by atoms with Crippen LogP contribution in [0.15, 0.2) is 91.0 Å². The molecule has 6 heteroatoms. The van der Waals surface area contributed by atoms with Gasteiger partial charge < -0.3 is 20.1 Å². The molecule has 0 saturated carbocycles. The van der Waals surface area contributed by atoms with Crippen molar-refractivity contribution in [3.8, 4) is 0 Å². The normalized spacial score (nSPS) is 12.5. The Bertz CT molecular complexity index is 987. The van der Waals surface area contributed by atoms with Crippen LogP contribution in [0.4, 0.5) is 4.79 Å². The summed E-state index contributed by atoms with van der Waals surface area (Å²) in [7, 11) is 1.59. The lowest BCUT2D eigenvalue weighted by Crippen LogP contribution is -2.51. The fourth-order valence-electron chi connectivity index (χ4n) is 4.25. The Morgan fingerprint density at radius 2 is 1.26 bits per heavy atom. The molecule has 0 saturated heterocycles. The van der Waals surface area contributed by atoms with Crippen molar-refractivity contribution in [2.75, 3.05) is 13.8 Å². The highest BCUT2D eigenvalue weighted by Gasteiger charge is 2.40. The van der Waals surface area contributed by atoms with Gasteiger partial charge in [0.2, 0.25) is 0 Å². The van der Waals surface area contributed by atoms with E-state index < -0.39 is 23.2 Å². The van der Waals surface area contributed by atoms with Gasteiger partial charge in [0.1, 0.15) is 12.3 Å². The highest BCUT2D eigenvalue weighted by Crippen LogP contribution is 2.43. The summed E-state index contributed by atoms with van der Waals surface area (Å²) in [6.45, 7) is 5.75. The maximum Gasteiger partial charge on any atom is 0.408 e. The van der Waals surface area contributed by atoms with Gasteiger partial charge in [-0.15, -0.1) is 0 Å². The molecule has 3 rings (SSSR count). The van der Waals surface area contributed by atoms with Crippen LogP contribution in [0.2, 0.25) is 0 Å². The van der Waals surface area contributed by atoms with E-state index in [1.165, 1.54) is 0 Å². The Balaban J connectivity index is 2.16. The minimum absolute atomic E-state index is 0.236. The molecule has 0 fully saturated rings. The number of alkyl carbamates (subject to hydrolysis) is 1. The highest BCUT2D eigenvalue weighted by atomic mass is 32.1. The van der Waals surface area contributed by atoms with Gasteiger partial charge in [-0.05, 0) is 43.9 Å². The first-order valence-corrected chi connectivity index (χ1v) is 12.1. The average molecular weight is 491 g/mol. The Morgan fingerprint density at radius 1 is 0.829 bits per heavy atom. The van der Waals surface area contributed by atoms with E-state index in [4.69, 9.17) is 21.7 Å². The smallest absolute Gasteiger partial charge is 0.408 e. The highest BCUT2D eigenvalue weighted by molar-refractivity contribution is 7.80. The molecule has 35 heavy (non-hydrogen) atoms. The number of methoxy groups -OCH3 is 1. The second-order valence-corrected chi connectivity index (χ2v) is 9.82. The molecule has 0 aliphatic rings. The average Bonchev–Trinajstić information content (AvgIpc) is 2.85. The van der Waals surface area contributed by atoms with Crippen molar-refractivity contribution in [2.45, 2.75) is 44.2 Å². The summed E-state index contributed by atoms with van der Waals surface area (Å²) in [5.41, 5.74) is 2.07. The Morgan fingerprint density at radius 3 is 1.63 bits per heavy atom. The predicted octanol–water partition coefficient (Wildman–Crippen LogP) is 5.83. The number of rotatable bonds is 9. The predicted molar refractivity (Wildman–Crippen MR) is 145 cm³/mol. The van der Waals surface area contributed by atoms with Gasteiger partial charge in [-0.3, -0.25) is 0 Å². The molecule has 0 unspecified atom stereocenters. The number of nitrogens with one attached hydrogen (secondary N) is 2. The summed E-state index contributed by atoms with van der Waals surface area (Å²) in [6, 6.07) is 30.4. The monoisotopic (exact) mass is 490 g/mol. The third-order valence-electron chi connectivity index (χ3n) is 5.71. The number of hydrogen-bond donors (Lipinski definition) is 2. The van der Waals surface area contributed by atoms with E-state index >= 15 is 0 Å². The van der Waals surface area contributed by atoms with Crippen LogP contribution in [-0.2, 0) is 14.9 Å². The van der Waals surface area contributed by atoms with Crippen molar-refractivity contribution < 1.29 is 14.3 Å². The van der Waals surface area contributed by atoms with Gasteiger partial charge in [-0.25, -0.2) is 4.79 Å². The van der Waals surface area contributed by atoms with Crippen molar-refractivity contribution in [1.82, 2.24) is 10.6 Å². The maximum absolute atomic E-state index is 12.9. The number of carbonyl (C=O) groups excluding carboxylic acids is 1. The lowest BCUT2D eigenvalue weighted by Gasteiger charge is -2.39. The number of thiocarbonyl (C=S) groups is 1. The number of hydrogen-bond acceptors (Lipinski definition) is 4. The van der Waals surface area contributed by atoms with Crippen molar-refractivity contribution in [3.05, 3.63) is 108 Å². The Labute approximate surface area is 213 Å². The van der Waals surface area contributed by atoms with Gasteiger partial charge in [-0.2, -0.15) is 0 Å². The summed E-state index contributed by atoms with van der Waals surface area (Å²) in [4.78, 5) is 13.4. The molecule has 0 aliphatic heterocycles. The van der Waals surface area contributed by atoms with Gasteiger partial charge in [0.05, 0.1) is 11.0 Å². The lowest BCUT2D eigenvalue weighted by atomic mass is 9.66. The molecule has 5 nitrogen and oxygen atoms in total. The third kappa shape index (κ3) is 6.90. The van der Waals surface area contributed by atoms with Gasteiger partial charge in [0.15, 0.2) is 0 Å². The largest absolute Gasteiger partial charge is 0.444 e. The molecule has 184 valence electrons. The Kier molecular flexibility index (Phi) is 9.01. The second-order valence-electron chi connectivity index (χ2n) is 9.38. The zero-order valence-electron chi connectivity index (χ0n) is 20.8. The first kappa shape index (κ1) is 26.4. The maximum atomic E-state index is 12.9. The van der Waals surface area contributed by atoms with Gasteiger partial charge in [0, 0.05) is 12.5 Å². The zero-order chi connectivity index (χ0) is 25.3. The number of ether oxygens (including phenoxy) is 2. The van der Waals surface area contributed by atoms with E-state index in [0.717, 1.165) is 16.7 Å². The van der Waals surface area contributed by atoms with E-state index in [2.05, 4.69) is 47.0 Å². The van der Waals surface area contributed by atoms with Crippen LogP contribution in [0.3, 0.4) is 0 Å². The lowest BCUT2D eigenvalue weighted by molar-refractivity contribution is 0.0513. The molecular formula is C29H34N2O3S. The van der Waals surface area contributed by atoms with E-state index in [1.807, 2.05) is 75.4 Å². The van der Waals surface area contributed by atoms with Crippen molar-refractivity contribution >= 4 is 23.3 Å². The summed E-state index contributed by atoms with van der Waals surface area (Å²) in [5.74, 6) is 0. The second kappa shape index (κ2) is 12.0. The van der Waals surface area contributed by atoms with Crippen LogP contribution in [-0.4, -0.2) is 36.6 Å². The molecule has 1 atom stereocenters. The molecule has 0 radical (unpaired) electrons. The van der Waals surface area contributed by atoms with Crippen LogP contribution in [0.5, 0.6) is 0 Å². The summed E-state index contributed by atoms with van der Waals surface area (Å²) in [5, 5.41) is 6.14. The molecular weight excluding hydrogens is 456 g/mol. The first-order chi connectivity index (χ1) is 16.8. The van der Waals surface area contributed by atoms with E-state index in [9.17, 15) is 4.79 Å². The van der Waals surface area contributed by atoms with Gasteiger partial charge in [0.25, 0.3) is 0 Å². The van der Waals surface area contributed by atoms with E-state index in [-0.39, 0.29) is 6.73 Å². The van der Waals surface area contributed by atoms with E-state index in [1.54, 1.807) is 7.11 Å². The molecule has 2 N–H and O–H groups in total. The fourth-order valence-corrected chi connectivity index (χ4v) is 4.45. The summed E-state index contributed by atoms with van der Waals surface area (Å²) < 4.78 is 10.8. The molecule has 1 amide bonds. The standard InChI is InChI=1S/C29H34N2O3S/c1-28(2,3)34-27(32)31-25(26(35)30-21-33-4)20-29(22-14-8-5-9-15-22,23-16-10-6-11-17-23)24-18-12-7-13-19-24/h5-19,25H,20-21H2,1-4H3,(H,30,35)(H,31,32)/t25-/m1/s1. The SMILES string of the molecule is COCNC(=S)[C@@H](CC(c1ccccc1)(c1ccccc1)c1ccccc1)NC(=O)OC(C)(C)C. The van der Waals surface area contributed by atoms with Gasteiger partial charge in [-0.1, -0.05) is 103 Å². The van der Waals surface area contributed by atoms with Crippen LogP contribution in [0, 0.1) is 0 Å². The molecule has 3 aromatic carbocycles. The van der Waals surface area contributed by atoms with Crippen LogP contribution in [0.25, 0.3) is 0 Å². The first-order valence-electron chi connectivity index (χ1n) is 11.7. The topological polar surface area (TPSA) is 59.6 Å². The van der Waals surface area contributed by atoms with Crippen LogP contribution >= 0.6 is 12.2 Å². The fraction of sp³-hybridized carbons (Fsp3) is 0.310. The molecule has 0 bridgehead atoms. The van der Waals surface area contributed by atoms with Crippen LogP contribution < -0.4 is 10.6 Å². The summed E-state index contributed by atoms with van der Waals surface area (Å²) >= 11 is 5.76. The Hall–Kier alpha value is -3.22. The molecule has 0 aromatic heterocycles. The molecule has 0 aliphatic carbocycles. The zero-order valence-corrected chi connectivity index (χ0v) is 21.6. The minimum Gasteiger partial charge on any atom is -0.444 e. The summed E-state index contributed by atoms with van der Waals surface area (Å²) in [6.07, 6.45) is -0.0491. The third-order valence-corrected chi connectivity index (χ3v) is 6.14. The number of amides is 1. The molecule has 3 aromatic rings.